The molecule has 0 amide bonds. The summed E-state index contributed by atoms with van der Waals surface area (Å²) in [5.41, 5.74) is -4.17. The third-order valence-corrected chi connectivity index (χ3v) is 6.75. The first kappa shape index (κ1) is 29.4. The van der Waals surface area contributed by atoms with Gasteiger partial charge in [0.05, 0.1) is 26.4 Å². The smallest absolute Gasteiger partial charge is 0.485 e. The molecule has 200 valence electrons. The van der Waals surface area contributed by atoms with E-state index in [2.05, 4.69) is 0 Å². The number of nitrogens with zero attached hydrogens (tertiary/aromatic N) is 1. The van der Waals surface area contributed by atoms with E-state index in [9.17, 15) is 27.9 Å². The lowest BCUT2D eigenvalue weighted by atomic mass is 10.0. The molecule has 3 aromatic carbocycles. The Morgan fingerprint density at radius 1 is 0.895 bits per heavy atom. The number of ether oxygens (including phenoxy) is 1. The number of rotatable bonds is 4. The molecule has 8 nitrogen and oxygen atoms in total. The van der Waals surface area contributed by atoms with E-state index >= 15 is 0 Å². The fraction of sp³-hybridized carbons (Fsp3) is 0.0870. The maximum absolute atomic E-state index is 13.2. The average molecular weight is 611 g/mol. The summed E-state index contributed by atoms with van der Waals surface area (Å²) in [6, 6.07) is 17.0. The van der Waals surface area contributed by atoms with E-state index in [1.54, 1.807) is 53.1 Å². The Kier molecular flexibility index (Phi) is 8.74. The van der Waals surface area contributed by atoms with Crippen LogP contribution in [0.15, 0.2) is 60.7 Å². The van der Waals surface area contributed by atoms with Gasteiger partial charge in [-0.25, -0.2) is 18.0 Å². The normalized spacial score (nSPS) is 11.7. The molecule has 0 unspecified atom stereocenters. The van der Waals surface area contributed by atoms with Crippen LogP contribution < -0.4 is 9.30 Å². The fourth-order valence-corrected chi connectivity index (χ4v) is 3.94. The summed E-state index contributed by atoms with van der Waals surface area (Å²) in [5, 5.41) is 10.9. The number of halogens is 6. The van der Waals surface area contributed by atoms with Gasteiger partial charge in [-0.05, 0) is 24.3 Å². The van der Waals surface area contributed by atoms with Gasteiger partial charge in [0.15, 0.2) is 15.9 Å². The molecule has 1 N–H and O–H groups in total. The molecule has 0 aliphatic carbocycles. The molecular weight excluding hydrogens is 598 g/mol. The Bertz CT molecular complexity index is 1620. The van der Waals surface area contributed by atoms with Crippen LogP contribution in [0.5, 0.6) is 5.75 Å². The summed E-state index contributed by atoms with van der Waals surface area (Å²) >= 11 is 18.2. The lowest BCUT2D eigenvalue weighted by Crippen LogP contribution is -2.40. The van der Waals surface area contributed by atoms with Crippen LogP contribution in [0.4, 0.5) is 13.2 Å². The van der Waals surface area contributed by atoms with Crippen LogP contribution in [0.1, 0.15) is 10.4 Å². The number of benzene rings is 3. The van der Waals surface area contributed by atoms with Crippen molar-refractivity contribution >= 4 is 78.7 Å². The summed E-state index contributed by atoms with van der Waals surface area (Å²) < 4.78 is 66.1. The van der Waals surface area contributed by atoms with Crippen molar-refractivity contribution in [1.82, 2.24) is 0 Å². The van der Waals surface area contributed by atoms with Gasteiger partial charge in [-0.15, -0.1) is 0 Å². The number of hydrogen-bond donors (Lipinski definition) is 1. The number of pyridine rings is 1. The second-order valence-electron chi connectivity index (χ2n) is 7.35. The van der Waals surface area contributed by atoms with Crippen LogP contribution in [-0.4, -0.2) is 35.5 Å². The lowest BCUT2D eigenvalue weighted by molar-refractivity contribution is -0.633. The van der Waals surface area contributed by atoms with Crippen molar-refractivity contribution in [3.8, 4) is 5.75 Å². The van der Waals surface area contributed by atoms with Crippen LogP contribution in [0.3, 0.4) is 0 Å². The number of aliphatic carboxylic acids is 1. The van der Waals surface area contributed by atoms with Crippen molar-refractivity contribution in [2.24, 2.45) is 0 Å². The zero-order valence-corrected chi connectivity index (χ0v) is 21.6. The first-order valence-electron chi connectivity index (χ1n) is 10.1. The van der Waals surface area contributed by atoms with Crippen molar-refractivity contribution in [1.29, 1.82) is 0 Å². The van der Waals surface area contributed by atoms with Gasteiger partial charge in [0.25, 0.3) is 0 Å². The van der Waals surface area contributed by atoms with Crippen LogP contribution in [0, 0.1) is 0 Å². The number of esters is 1. The van der Waals surface area contributed by atoms with Gasteiger partial charge in [-0.2, -0.15) is 17.7 Å². The number of para-hydroxylation sites is 2. The monoisotopic (exact) mass is 609 g/mol. The highest BCUT2D eigenvalue weighted by Gasteiger charge is 2.37. The summed E-state index contributed by atoms with van der Waals surface area (Å²) in [6.45, 7) is -0.255. The van der Waals surface area contributed by atoms with Gasteiger partial charge in [0.2, 0.25) is 17.6 Å². The fourth-order valence-electron chi connectivity index (χ4n) is 3.38. The first-order valence-corrected chi connectivity index (χ1v) is 12.6. The highest BCUT2D eigenvalue weighted by atomic mass is 35.5. The predicted octanol–water partition coefficient (Wildman–Crippen LogP) is 5.60. The minimum Gasteiger partial charge on any atom is -0.741 e. The number of hydrogen-bond acceptors (Lipinski definition) is 6. The maximum atomic E-state index is 13.2. The third-order valence-electron chi connectivity index (χ3n) is 4.91. The van der Waals surface area contributed by atoms with Crippen molar-refractivity contribution in [3.63, 3.8) is 0 Å². The third kappa shape index (κ3) is 6.27. The molecule has 0 radical (unpaired) electrons. The predicted molar refractivity (Wildman–Crippen MR) is 131 cm³/mol. The molecule has 1 heterocycles. The Balaban J connectivity index is 0.000000436. The van der Waals surface area contributed by atoms with Crippen molar-refractivity contribution in [3.05, 3.63) is 81.3 Å². The van der Waals surface area contributed by atoms with Crippen LogP contribution in [0.25, 0.3) is 21.8 Å². The van der Waals surface area contributed by atoms with E-state index in [1.165, 1.54) is 12.1 Å². The lowest BCUT2D eigenvalue weighted by Gasteiger charge is -2.12. The Hall–Kier alpha value is -3.16. The summed E-state index contributed by atoms with van der Waals surface area (Å²) in [5.74, 6) is -1.56. The molecule has 38 heavy (non-hydrogen) atoms. The average Bonchev–Trinajstić information content (AvgIpc) is 2.83. The molecule has 0 bridgehead atoms. The van der Waals surface area contributed by atoms with Crippen LogP contribution in [0.2, 0.25) is 15.1 Å². The van der Waals surface area contributed by atoms with Gasteiger partial charge in [0, 0.05) is 12.1 Å². The van der Waals surface area contributed by atoms with Gasteiger partial charge in [-0.3, -0.25) is 0 Å². The highest BCUT2D eigenvalue weighted by Crippen LogP contribution is 2.38. The van der Waals surface area contributed by atoms with Crippen molar-refractivity contribution in [2.45, 2.75) is 12.1 Å². The second-order valence-corrected chi connectivity index (χ2v) is 9.89. The standard InChI is InChI=1S/C22H12Cl3NO4.CHF3O3S/c23-14-9-10-17(21(25)20(14)24)30-22(29)19-12-5-1-3-7-15(12)26(11-18(27)28)16-8-4-2-6-13(16)19;2-1(3,4)8(5,6)7/h1-10H,11H2;(H,5,6,7). The molecule has 4 aromatic rings. The van der Waals surface area contributed by atoms with Crippen molar-refractivity contribution < 1.29 is 50.1 Å². The van der Waals surface area contributed by atoms with Crippen molar-refractivity contribution in [2.75, 3.05) is 0 Å². The van der Waals surface area contributed by atoms with Crippen LogP contribution in [-0.2, 0) is 21.5 Å². The summed E-state index contributed by atoms with van der Waals surface area (Å²) in [6.07, 6.45) is 0. The number of carbonyl (C=O) groups is 2. The molecule has 0 aliphatic heterocycles. The van der Waals surface area contributed by atoms with E-state index in [4.69, 9.17) is 52.5 Å². The van der Waals surface area contributed by atoms with E-state index in [0.717, 1.165) is 0 Å². The molecular formula is C23H13Cl3F3NO7S. The molecule has 4 rings (SSSR count). The molecule has 1 aromatic heterocycles. The van der Waals surface area contributed by atoms with E-state index in [0.29, 0.717) is 27.4 Å². The van der Waals surface area contributed by atoms with Gasteiger partial charge < -0.3 is 14.4 Å². The number of fused-ring (bicyclic) bond motifs is 2. The SMILES string of the molecule is O=C(O)C[n+]1c2ccccc2c(C(=O)Oc2ccc(Cl)c(Cl)c2Cl)c2ccccc21.O=S(=O)([O-])C(F)(F)F. The zero-order valence-electron chi connectivity index (χ0n) is 18.5. The quantitative estimate of drug-likeness (QED) is 0.0607. The van der Waals surface area contributed by atoms with E-state index < -0.39 is 27.6 Å². The largest absolute Gasteiger partial charge is 0.741 e. The summed E-state index contributed by atoms with van der Waals surface area (Å²) in [7, 11) is -6.09. The maximum Gasteiger partial charge on any atom is 0.485 e. The summed E-state index contributed by atoms with van der Waals surface area (Å²) in [4.78, 5) is 24.7. The molecule has 0 saturated carbocycles. The van der Waals surface area contributed by atoms with Gasteiger partial charge in [0.1, 0.15) is 5.02 Å². The Morgan fingerprint density at radius 3 is 1.82 bits per heavy atom. The molecule has 15 heteroatoms. The minimum atomic E-state index is -6.09. The Morgan fingerprint density at radius 2 is 1.37 bits per heavy atom. The number of carboxylic acid groups (broad SMARTS) is 1. The Labute approximate surface area is 227 Å². The molecule has 0 spiro atoms. The van der Waals surface area contributed by atoms with Crippen LogP contribution >= 0.6 is 34.8 Å². The zero-order chi connectivity index (χ0) is 28.4. The van der Waals surface area contributed by atoms with Gasteiger partial charge in [-0.1, -0.05) is 59.1 Å². The molecule has 0 saturated heterocycles. The molecule has 0 aliphatic rings. The molecule has 0 atom stereocenters. The van der Waals surface area contributed by atoms with E-state index in [-0.39, 0.29) is 27.4 Å². The number of alkyl halides is 3. The molecule has 0 fully saturated rings. The topological polar surface area (TPSA) is 125 Å². The highest BCUT2D eigenvalue weighted by molar-refractivity contribution is 7.86. The van der Waals surface area contributed by atoms with Gasteiger partial charge >= 0.3 is 17.4 Å². The minimum absolute atomic E-state index is 0.0306. The first-order chi connectivity index (χ1) is 17.6. The number of carboxylic acids is 1. The van der Waals surface area contributed by atoms with E-state index in [1.807, 2.05) is 0 Å². The number of carbonyl (C=O) groups excluding carboxylic acids is 1. The number of aromatic nitrogens is 1. The second kappa shape index (κ2) is 11.3.